The highest BCUT2D eigenvalue weighted by Crippen LogP contribution is 2.30. The first kappa shape index (κ1) is 18.1. The molecule has 0 saturated carbocycles. The van der Waals surface area contributed by atoms with Crippen LogP contribution in [0.25, 0.3) is 21.3 Å². The van der Waals surface area contributed by atoms with E-state index in [1.54, 1.807) is 29.6 Å². The second-order valence-electron chi connectivity index (χ2n) is 6.30. The van der Waals surface area contributed by atoms with Crippen molar-refractivity contribution in [2.45, 2.75) is 13.5 Å². The van der Waals surface area contributed by atoms with Crippen LogP contribution in [-0.2, 0) is 11.3 Å². The van der Waals surface area contributed by atoms with E-state index in [0.29, 0.717) is 27.1 Å². The predicted octanol–water partition coefficient (Wildman–Crippen LogP) is 4.18. The van der Waals surface area contributed by atoms with E-state index in [2.05, 4.69) is 4.98 Å². The molecule has 28 heavy (non-hydrogen) atoms. The van der Waals surface area contributed by atoms with Gasteiger partial charge in [0.1, 0.15) is 22.9 Å². The van der Waals surface area contributed by atoms with E-state index >= 15 is 0 Å². The lowest BCUT2D eigenvalue weighted by Crippen LogP contribution is -2.26. The minimum absolute atomic E-state index is 0.256. The number of aromatic nitrogens is 2. The van der Waals surface area contributed by atoms with Gasteiger partial charge in [0.15, 0.2) is 0 Å². The van der Waals surface area contributed by atoms with Gasteiger partial charge in [0.2, 0.25) is 0 Å². The van der Waals surface area contributed by atoms with Crippen molar-refractivity contribution < 1.29 is 13.9 Å². The van der Waals surface area contributed by atoms with Crippen molar-refractivity contribution in [3.05, 3.63) is 82.0 Å². The SMILES string of the molecule is Cc1ccc(OC(=O)Cn2cnc3scc(-c4ccc(F)cc4)c3c2=O)cc1. The molecular weight excluding hydrogens is 379 g/mol. The van der Waals surface area contributed by atoms with Gasteiger partial charge in [-0.15, -0.1) is 11.3 Å². The van der Waals surface area contributed by atoms with Crippen LogP contribution >= 0.6 is 11.3 Å². The fourth-order valence-corrected chi connectivity index (χ4v) is 3.74. The van der Waals surface area contributed by atoms with Gasteiger partial charge in [-0.2, -0.15) is 0 Å². The summed E-state index contributed by atoms with van der Waals surface area (Å²) in [6.07, 6.45) is 1.34. The summed E-state index contributed by atoms with van der Waals surface area (Å²) in [5, 5.41) is 2.21. The number of benzene rings is 2. The third kappa shape index (κ3) is 3.57. The third-order valence-electron chi connectivity index (χ3n) is 4.27. The first-order chi connectivity index (χ1) is 13.5. The van der Waals surface area contributed by atoms with E-state index < -0.39 is 5.97 Å². The molecule has 2 aromatic heterocycles. The molecule has 7 heteroatoms. The Balaban J connectivity index is 1.64. The highest BCUT2D eigenvalue weighted by molar-refractivity contribution is 7.17. The molecule has 0 saturated heterocycles. The zero-order chi connectivity index (χ0) is 19.7. The minimum Gasteiger partial charge on any atom is -0.425 e. The Morgan fingerprint density at radius 1 is 1.14 bits per heavy atom. The average molecular weight is 394 g/mol. The molecule has 0 aliphatic rings. The van der Waals surface area contributed by atoms with E-state index in [0.717, 1.165) is 5.56 Å². The fourth-order valence-electron chi connectivity index (χ4n) is 2.83. The van der Waals surface area contributed by atoms with Crippen molar-refractivity contribution in [1.82, 2.24) is 9.55 Å². The maximum Gasteiger partial charge on any atom is 0.331 e. The van der Waals surface area contributed by atoms with Crippen LogP contribution in [0.5, 0.6) is 5.75 Å². The van der Waals surface area contributed by atoms with Crippen molar-refractivity contribution in [1.29, 1.82) is 0 Å². The smallest absolute Gasteiger partial charge is 0.331 e. The van der Waals surface area contributed by atoms with Crippen LogP contribution in [0.4, 0.5) is 4.39 Å². The first-order valence-electron chi connectivity index (χ1n) is 8.51. The first-order valence-corrected chi connectivity index (χ1v) is 9.39. The molecule has 4 aromatic rings. The molecule has 0 radical (unpaired) electrons. The number of carbonyl (C=O) groups is 1. The normalized spacial score (nSPS) is 10.9. The monoisotopic (exact) mass is 394 g/mol. The summed E-state index contributed by atoms with van der Waals surface area (Å²) < 4.78 is 19.7. The lowest BCUT2D eigenvalue weighted by molar-refractivity contribution is -0.135. The number of hydrogen-bond acceptors (Lipinski definition) is 5. The number of esters is 1. The van der Waals surface area contributed by atoms with Crippen LogP contribution in [0.2, 0.25) is 0 Å². The zero-order valence-electron chi connectivity index (χ0n) is 14.9. The number of hydrogen-bond donors (Lipinski definition) is 0. The van der Waals surface area contributed by atoms with Gasteiger partial charge in [0.25, 0.3) is 5.56 Å². The van der Waals surface area contributed by atoms with Crippen LogP contribution < -0.4 is 10.3 Å². The summed E-state index contributed by atoms with van der Waals surface area (Å²) >= 11 is 1.32. The highest BCUT2D eigenvalue weighted by atomic mass is 32.1. The van der Waals surface area contributed by atoms with Crippen LogP contribution in [0, 0.1) is 12.7 Å². The second kappa shape index (κ2) is 7.36. The van der Waals surface area contributed by atoms with Gasteiger partial charge in [0.05, 0.1) is 11.7 Å². The van der Waals surface area contributed by atoms with Crippen molar-refractivity contribution in [2.24, 2.45) is 0 Å². The predicted molar refractivity (Wildman–Crippen MR) is 106 cm³/mol. The number of nitrogens with zero attached hydrogens (tertiary/aromatic N) is 2. The number of thiophene rings is 1. The molecule has 2 heterocycles. The van der Waals surface area contributed by atoms with Gasteiger partial charge in [-0.25, -0.2) is 14.2 Å². The molecule has 0 aliphatic heterocycles. The molecule has 4 rings (SSSR count). The van der Waals surface area contributed by atoms with Gasteiger partial charge in [-0.1, -0.05) is 29.8 Å². The van der Waals surface area contributed by atoms with E-state index in [4.69, 9.17) is 4.74 Å². The van der Waals surface area contributed by atoms with Crippen LogP contribution in [0.1, 0.15) is 5.56 Å². The zero-order valence-corrected chi connectivity index (χ0v) is 15.7. The van der Waals surface area contributed by atoms with E-state index in [1.807, 2.05) is 19.1 Å². The number of fused-ring (bicyclic) bond motifs is 1. The maximum absolute atomic E-state index is 13.2. The number of rotatable bonds is 4. The second-order valence-corrected chi connectivity index (χ2v) is 7.16. The molecule has 0 unspecified atom stereocenters. The molecule has 2 aromatic carbocycles. The Kier molecular flexibility index (Phi) is 4.75. The van der Waals surface area contributed by atoms with Crippen LogP contribution in [-0.4, -0.2) is 15.5 Å². The largest absolute Gasteiger partial charge is 0.425 e. The Bertz CT molecular complexity index is 1210. The minimum atomic E-state index is -0.564. The third-order valence-corrected chi connectivity index (χ3v) is 5.15. The van der Waals surface area contributed by atoms with Crippen molar-refractivity contribution in [3.63, 3.8) is 0 Å². The Morgan fingerprint density at radius 3 is 2.57 bits per heavy atom. The molecule has 5 nitrogen and oxygen atoms in total. The van der Waals surface area contributed by atoms with E-state index in [-0.39, 0.29) is 17.9 Å². The fraction of sp³-hybridized carbons (Fsp3) is 0.0952. The summed E-state index contributed by atoms with van der Waals surface area (Å²) in [6, 6.07) is 13.0. The van der Waals surface area contributed by atoms with E-state index in [1.165, 1.54) is 34.4 Å². The molecule has 0 fully saturated rings. The molecule has 140 valence electrons. The highest BCUT2D eigenvalue weighted by Gasteiger charge is 2.15. The number of aryl methyl sites for hydroxylation is 1. The Morgan fingerprint density at radius 2 is 1.86 bits per heavy atom. The summed E-state index contributed by atoms with van der Waals surface area (Å²) in [4.78, 5) is 30.0. The summed E-state index contributed by atoms with van der Waals surface area (Å²) in [7, 11) is 0. The number of carbonyl (C=O) groups excluding carboxylic acids is 1. The van der Waals surface area contributed by atoms with Gasteiger partial charge < -0.3 is 4.74 Å². The van der Waals surface area contributed by atoms with Crippen molar-refractivity contribution in [3.8, 4) is 16.9 Å². The summed E-state index contributed by atoms with van der Waals surface area (Å²) in [6.45, 7) is 1.68. The van der Waals surface area contributed by atoms with Crippen molar-refractivity contribution >= 4 is 27.5 Å². The Hall–Kier alpha value is -3.32. The topological polar surface area (TPSA) is 61.2 Å². The van der Waals surface area contributed by atoms with Gasteiger partial charge in [-0.3, -0.25) is 9.36 Å². The summed E-state index contributed by atoms with van der Waals surface area (Å²) in [5.74, 6) is -0.497. The number of ether oxygens (including phenoxy) is 1. The molecule has 0 atom stereocenters. The lowest BCUT2D eigenvalue weighted by Gasteiger charge is -2.07. The lowest BCUT2D eigenvalue weighted by atomic mass is 10.1. The molecule has 0 N–H and O–H groups in total. The number of halogens is 1. The molecule has 0 bridgehead atoms. The van der Waals surface area contributed by atoms with Crippen molar-refractivity contribution in [2.75, 3.05) is 0 Å². The van der Waals surface area contributed by atoms with Gasteiger partial charge in [-0.05, 0) is 36.8 Å². The molecular formula is C21H15FN2O3S. The van der Waals surface area contributed by atoms with Gasteiger partial charge in [0, 0.05) is 10.9 Å². The maximum atomic E-state index is 13.2. The Labute approximate surface area is 163 Å². The van der Waals surface area contributed by atoms with Crippen LogP contribution in [0.15, 0.2) is 65.0 Å². The summed E-state index contributed by atoms with van der Waals surface area (Å²) in [5.41, 5.74) is 2.09. The van der Waals surface area contributed by atoms with Gasteiger partial charge >= 0.3 is 5.97 Å². The molecule has 0 aliphatic carbocycles. The quantitative estimate of drug-likeness (QED) is 0.385. The molecule has 0 spiro atoms. The van der Waals surface area contributed by atoms with E-state index in [9.17, 15) is 14.0 Å². The average Bonchev–Trinajstić information content (AvgIpc) is 3.11. The molecule has 0 amide bonds. The standard InChI is InChI=1S/C21H15FN2O3S/c1-13-2-8-16(9-3-13)27-18(25)10-24-12-23-20-19(21(24)26)17(11-28-20)14-4-6-15(22)7-5-14/h2-9,11-12H,10H2,1H3. The van der Waals surface area contributed by atoms with Crippen LogP contribution in [0.3, 0.4) is 0 Å².